The van der Waals surface area contributed by atoms with Gasteiger partial charge in [-0.2, -0.15) is 28.4 Å². The van der Waals surface area contributed by atoms with Crippen molar-refractivity contribution in [2.75, 3.05) is 51.3 Å². The molecule has 2 saturated heterocycles. The van der Waals surface area contributed by atoms with Gasteiger partial charge in [-0.15, -0.1) is 0 Å². The van der Waals surface area contributed by atoms with Gasteiger partial charge in [-0.25, -0.2) is 4.39 Å². The number of hydrogen-bond donors (Lipinski definition) is 0. The van der Waals surface area contributed by atoms with Crippen molar-refractivity contribution in [2.45, 2.75) is 44.4 Å². The maximum absolute atomic E-state index is 13.9. The van der Waals surface area contributed by atoms with E-state index in [0.717, 1.165) is 35.7 Å². The number of alkyl halides is 3. The fourth-order valence-corrected chi connectivity index (χ4v) is 6.66. The minimum atomic E-state index is -4.66. The van der Waals surface area contributed by atoms with E-state index in [9.17, 15) is 27.6 Å². The van der Waals surface area contributed by atoms with Crippen LogP contribution in [0, 0.1) is 18.3 Å². The second kappa shape index (κ2) is 13.8. The van der Waals surface area contributed by atoms with Crippen molar-refractivity contribution in [1.29, 1.82) is 5.26 Å². The SMILES string of the molecule is C=C(F)C(=O)N1CCN(c2nc(OC[C@@H]3CCCN3C)nc3c(OCC(F)(F)F)c(-c4cccc5cccc(C)c45)ncc23)C[C@@H]1CC#N. The standard InChI is InChI=1S/C35H35F4N7O3/c1-21-7-4-8-23-9-5-11-26(28(21)23)29-31(49-20-35(37,38)39)30-27(17-41-29)32(43-34(42-30)48-19-25-10-6-14-44(25)3)45-15-16-46(33(47)22(2)36)24(18-45)12-13-40/h4-5,7-9,11,17,24-25H,2,6,10,12,14-16,18-20H2,1,3H3/t24-,25-/m0/s1. The molecule has 256 valence electrons. The molecular formula is C35H35F4N7O3. The Bertz CT molecular complexity index is 1940. The van der Waals surface area contributed by atoms with Crippen LogP contribution < -0.4 is 14.4 Å². The lowest BCUT2D eigenvalue weighted by molar-refractivity contribution is -0.153. The Labute approximate surface area is 280 Å². The van der Waals surface area contributed by atoms with Crippen LogP contribution in [0.1, 0.15) is 24.8 Å². The summed E-state index contributed by atoms with van der Waals surface area (Å²) in [7, 11) is 1.99. The third-order valence-electron chi connectivity index (χ3n) is 9.08. The maximum Gasteiger partial charge on any atom is 0.422 e. The smallest absolute Gasteiger partial charge is 0.422 e. The first-order valence-corrected chi connectivity index (χ1v) is 15.9. The van der Waals surface area contributed by atoms with Crippen molar-refractivity contribution < 1.29 is 31.8 Å². The molecule has 4 heterocycles. The van der Waals surface area contributed by atoms with Gasteiger partial charge in [-0.3, -0.25) is 9.78 Å². The van der Waals surface area contributed by atoms with Gasteiger partial charge in [-0.05, 0) is 49.7 Å². The van der Waals surface area contributed by atoms with Crippen molar-refractivity contribution in [2.24, 2.45) is 0 Å². The molecule has 4 aromatic rings. The van der Waals surface area contributed by atoms with Crippen LogP contribution in [0.3, 0.4) is 0 Å². The molecular weight excluding hydrogens is 642 g/mol. The molecule has 14 heteroatoms. The van der Waals surface area contributed by atoms with E-state index in [1.165, 1.54) is 11.1 Å². The van der Waals surface area contributed by atoms with E-state index >= 15 is 0 Å². The lowest BCUT2D eigenvalue weighted by Crippen LogP contribution is -2.55. The highest BCUT2D eigenvalue weighted by molar-refractivity contribution is 6.03. The summed E-state index contributed by atoms with van der Waals surface area (Å²) in [6, 6.07) is 12.6. The van der Waals surface area contributed by atoms with Gasteiger partial charge in [0, 0.05) is 37.4 Å². The molecule has 2 aliphatic rings. The lowest BCUT2D eigenvalue weighted by atomic mass is 9.97. The van der Waals surface area contributed by atoms with E-state index in [1.54, 1.807) is 17.0 Å². The first-order valence-electron chi connectivity index (χ1n) is 15.9. The molecule has 6 rings (SSSR count). The van der Waals surface area contributed by atoms with E-state index < -0.39 is 30.6 Å². The molecule has 0 spiro atoms. The predicted octanol–water partition coefficient (Wildman–Crippen LogP) is 5.98. The van der Waals surface area contributed by atoms with Crippen molar-refractivity contribution in [3.05, 3.63) is 60.6 Å². The quantitative estimate of drug-likeness (QED) is 0.156. The number of halogens is 4. The van der Waals surface area contributed by atoms with Crippen LogP contribution in [0.4, 0.5) is 23.4 Å². The summed E-state index contributed by atoms with van der Waals surface area (Å²) in [5.74, 6) is -1.95. The van der Waals surface area contributed by atoms with Crippen molar-refractivity contribution in [3.8, 4) is 29.1 Å². The summed E-state index contributed by atoms with van der Waals surface area (Å²) in [6.45, 7) is 4.88. The van der Waals surface area contributed by atoms with Gasteiger partial charge in [0.15, 0.2) is 18.2 Å². The number of likely N-dealkylation sites (tertiary alicyclic amines) is 1. The van der Waals surface area contributed by atoms with Gasteiger partial charge >= 0.3 is 12.2 Å². The Morgan fingerprint density at radius 3 is 2.57 bits per heavy atom. The van der Waals surface area contributed by atoms with E-state index in [1.807, 2.05) is 44.3 Å². The summed E-state index contributed by atoms with van der Waals surface area (Å²) < 4.78 is 66.8. The van der Waals surface area contributed by atoms with E-state index in [0.29, 0.717) is 5.56 Å². The fraction of sp³-hybridized carbons (Fsp3) is 0.400. The largest absolute Gasteiger partial charge is 0.480 e. The molecule has 2 atom stereocenters. The predicted molar refractivity (Wildman–Crippen MR) is 176 cm³/mol. The molecule has 2 aliphatic heterocycles. The Morgan fingerprint density at radius 2 is 1.88 bits per heavy atom. The zero-order valence-electron chi connectivity index (χ0n) is 27.1. The topological polar surface area (TPSA) is 108 Å². The number of aryl methyl sites for hydroxylation is 1. The molecule has 0 unspecified atom stereocenters. The van der Waals surface area contributed by atoms with Crippen LogP contribution in [0.15, 0.2) is 55.0 Å². The van der Waals surface area contributed by atoms with E-state index in [2.05, 4.69) is 21.4 Å². The summed E-state index contributed by atoms with van der Waals surface area (Å²) >= 11 is 0. The van der Waals surface area contributed by atoms with Crippen LogP contribution in [-0.4, -0.2) is 95.4 Å². The molecule has 0 bridgehead atoms. The number of nitriles is 1. The minimum absolute atomic E-state index is 0.0426. The second-order valence-electron chi connectivity index (χ2n) is 12.4. The Balaban J connectivity index is 1.53. The molecule has 49 heavy (non-hydrogen) atoms. The summed E-state index contributed by atoms with van der Waals surface area (Å²) in [5.41, 5.74) is 1.70. The number of anilines is 1. The Morgan fingerprint density at radius 1 is 1.10 bits per heavy atom. The van der Waals surface area contributed by atoms with Gasteiger partial charge in [0.05, 0.1) is 23.9 Å². The Hall–Kier alpha value is -5.03. The van der Waals surface area contributed by atoms with E-state index in [4.69, 9.17) is 14.5 Å². The highest BCUT2D eigenvalue weighted by Gasteiger charge is 2.35. The van der Waals surface area contributed by atoms with Crippen LogP contribution >= 0.6 is 0 Å². The monoisotopic (exact) mass is 677 g/mol. The molecule has 2 fully saturated rings. The highest BCUT2D eigenvalue weighted by atomic mass is 19.4. The maximum atomic E-state index is 13.9. The zero-order chi connectivity index (χ0) is 34.9. The summed E-state index contributed by atoms with van der Waals surface area (Å²) in [4.78, 5) is 31.8. The van der Waals surface area contributed by atoms with E-state index in [-0.39, 0.29) is 72.9 Å². The van der Waals surface area contributed by atoms with Crippen molar-refractivity contribution in [1.82, 2.24) is 24.8 Å². The number of ether oxygens (including phenoxy) is 2. The number of pyridine rings is 1. The molecule has 1 amide bonds. The van der Waals surface area contributed by atoms with Crippen molar-refractivity contribution >= 4 is 33.4 Å². The number of carbonyl (C=O) groups excluding carboxylic acids is 1. The molecule has 2 aromatic heterocycles. The summed E-state index contributed by atoms with van der Waals surface area (Å²) in [6.07, 6.45) is -1.37. The third kappa shape index (κ3) is 7.07. The average Bonchev–Trinajstić information content (AvgIpc) is 3.49. The number of nitrogens with zero attached hydrogens (tertiary/aromatic N) is 7. The normalized spacial score (nSPS) is 18.6. The molecule has 2 aromatic carbocycles. The number of hydrogen-bond acceptors (Lipinski definition) is 9. The number of fused-ring (bicyclic) bond motifs is 2. The van der Waals surface area contributed by atoms with Crippen LogP contribution in [0.2, 0.25) is 0 Å². The number of likely N-dealkylation sites (N-methyl/N-ethyl adjacent to an activating group) is 1. The minimum Gasteiger partial charge on any atom is -0.480 e. The fourth-order valence-electron chi connectivity index (χ4n) is 6.66. The number of aromatic nitrogens is 3. The number of rotatable bonds is 9. The third-order valence-corrected chi connectivity index (χ3v) is 9.08. The number of amides is 1. The van der Waals surface area contributed by atoms with Crippen LogP contribution in [-0.2, 0) is 4.79 Å². The molecule has 10 nitrogen and oxygen atoms in total. The van der Waals surface area contributed by atoms with Crippen LogP contribution in [0.25, 0.3) is 32.9 Å². The average molecular weight is 678 g/mol. The van der Waals surface area contributed by atoms with Gasteiger partial charge in [0.2, 0.25) is 0 Å². The summed E-state index contributed by atoms with van der Waals surface area (Å²) in [5, 5.41) is 11.5. The number of piperazine rings is 1. The zero-order valence-corrected chi connectivity index (χ0v) is 27.1. The first-order chi connectivity index (χ1) is 23.4. The van der Waals surface area contributed by atoms with Gasteiger partial charge in [0.1, 0.15) is 23.6 Å². The van der Waals surface area contributed by atoms with Gasteiger partial charge in [0.25, 0.3) is 5.91 Å². The first kappa shape index (κ1) is 33.9. The van der Waals surface area contributed by atoms with Gasteiger partial charge in [-0.1, -0.05) is 43.0 Å². The lowest BCUT2D eigenvalue weighted by Gasteiger charge is -2.41. The van der Waals surface area contributed by atoms with Crippen LogP contribution in [0.5, 0.6) is 11.8 Å². The Kier molecular flexibility index (Phi) is 9.56. The molecule has 0 radical (unpaired) electrons. The highest BCUT2D eigenvalue weighted by Crippen LogP contribution is 2.42. The molecule has 0 aliphatic carbocycles. The number of benzene rings is 2. The van der Waals surface area contributed by atoms with Gasteiger partial charge < -0.3 is 24.2 Å². The second-order valence-corrected chi connectivity index (χ2v) is 12.4. The molecule has 0 N–H and O–H groups in total. The number of carbonyl (C=O) groups is 1. The molecule has 0 saturated carbocycles. The van der Waals surface area contributed by atoms with Crippen molar-refractivity contribution in [3.63, 3.8) is 0 Å².